The molecule has 0 aliphatic rings. The van der Waals surface area contributed by atoms with Crippen molar-refractivity contribution in [1.82, 2.24) is 16.1 Å². The highest BCUT2D eigenvalue weighted by Crippen LogP contribution is 2.21. The van der Waals surface area contributed by atoms with Gasteiger partial charge >= 0.3 is 11.8 Å². The Bertz CT molecular complexity index is 1170. The van der Waals surface area contributed by atoms with Crippen LogP contribution in [0.4, 0.5) is 0 Å². The van der Waals surface area contributed by atoms with Gasteiger partial charge in [0.05, 0.1) is 19.0 Å². The van der Waals surface area contributed by atoms with Crippen molar-refractivity contribution < 1.29 is 23.5 Å². The molecule has 0 saturated carbocycles. The molecule has 0 spiro atoms. The molecule has 0 atom stereocenters. The number of ether oxygens (including phenoxy) is 1. The number of halogens is 2. The lowest BCUT2D eigenvalue weighted by molar-refractivity contribution is -0.139. The molecule has 0 bridgehead atoms. The number of hydrogen-bond donors (Lipinski definition) is 3. The highest BCUT2D eigenvalue weighted by Gasteiger charge is 2.12. The van der Waals surface area contributed by atoms with Crippen molar-refractivity contribution in [2.75, 3.05) is 6.61 Å². The third-order valence-electron chi connectivity index (χ3n) is 4.31. The molecule has 3 rings (SSSR count). The van der Waals surface area contributed by atoms with E-state index in [2.05, 4.69) is 37.1 Å². The van der Waals surface area contributed by atoms with Gasteiger partial charge in [-0.1, -0.05) is 39.7 Å². The van der Waals surface area contributed by atoms with Gasteiger partial charge < -0.3 is 19.8 Å². The molecule has 3 N–H and O–H groups in total. The highest BCUT2D eigenvalue weighted by atomic mass is 79.9. The van der Waals surface area contributed by atoms with Gasteiger partial charge in [-0.2, -0.15) is 5.10 Å². The van der Waals surface area contributed by atoms with Gasteiger partial charge in [0.15, 0.2) is 6.61 Å². The topological polar surface area (TPSA) is 122 Å². The summed E-state index contributed by atoms with van der Waals surface area (Å²) in [7, 11) is 0. The first kappa shape index (κ1) is 25.0. The minimum Gasteiger partial charge on any atom is -0.483 e. The fourth-order valence-corrected chi connectivity index (χ4v) is 3.13. The molecule has 2 aromatic carbocycles. The minimum absolute atomic E-state index is 0.165. The second-order valence-corrected chi connectivity index (χ2v) is 8.19. The number of nitrogens with zero attached hydrogens (tertiary/aromatic N) is 1. The van der Waals surface area contributed by atoms with Crippen molar-refractivity contribution in [2.24, 2.45) is 5.10 Å². The predicted octanol–water partition coefficient (Wildman–Crippen LogP) is 3.16. The van der Waals surface area contributed by atoms with Crippen molar-refractivity contribution >= 4 is 51.5 Å². The molecular formula is C23H20BrClN4O5. The molecule has 34 heavy (non-hydrogen) atoms. The lowest BCUT2D eigenvalue weighted by Gasteiger charge is -2.10. The summed E-state index contributed by atoms with van der Waals surface area (Å²) >= 11 is 9.17. The second kappa shape index (κ2) is 12.6. The zero-order valence-electron chi connectivity index (χ0n) is 17.7. The van der Waals surface area contributed by atoms with Gasteiger partial charge in [0.25, 0.3) is 5.91 Å². The first-order valence-electron chi connectivity index (χ1n) is 9.98. The first-order chi connectivity index (χ1) is 16.4. The van der Waals surface area contributed by atoms with Crippen molar-refractivity contribution in [3.05, 3.63) is 87.2 Å². The number of furan rings is 1. The normalized spacial score (nSPS) is 10.6. The number of amides is 3. The lowest BCUT2D eigenvalue weighted by Crippen LogP contribution is -2.37. The highest BCUT2D eigenvalue weighted by molar-refractivity contribution is 9.10. The fraction of sp³-hybridized carbons (Fsp3) is 0.130. The van der Waals surface area contributed by atoms with E-state index in [0.717, 1.165) is 10.0 Å². The van der Waals surface area contributed by atoms with E-state index < -0.39 is 11.8 Å². The van der Waals surface area contributed by atoms with Crippen molar-refractivity contribution in [3.63, 3.8) is 0 Å². The SMILES string of the molecule is O=C(COc1ccc(Br)cc1/C=N\NC(=O)C(=O)NCc1ccc(Cl)cc1)NCc1ccco1. The molecule has 3 aromatic rings. The summed E-state index contributed by atoms with van der Waals surface area (Å²) in [5.74, 6) is -1.13. The van der Waals surface area contributed by atoms with E-state index in [9.17, 15) is 14.4 Å². The van der Waals surface area contributed by atoms with E-state index in [1.165, 1.54) is 12.5 Å². The maximum absolute atomic E-state index is 12.0. The van der Waals surface area contributed by atoms with Crippen LogP contribution in [0.25, 0.3) is 0 Å². The smallest absolute Gasteiger partial charge is 0.329 e. The quantitative estimate of drug-likeness (QED) is 0.216. The first-order valence-corrected chi connectivity index (χ1v) is 11.1. The lowest BCUT2D eigenvalue weighted by atomic mass is 10.2. The van der Waals surface area contributed by atoms with E-state index in [0.29, 0.717) is 22.1 Å². The zero-order chi connectivity index (χ0) is 24.3. The molecule has 0 aliphatic carbocycles. The van der Waals surface area contributed by atoms with Crippen molar-refractivity contribution in [3.8, 4) is 5.75 Å². The molecule has 0 aliphatic heterocycles. The Morgan fingerprint density at radius 3 is 2.56 bits per heavy atom. The van der Waals surface area contributed by atoms with Gasteiger partial charge in [-0.15, -0.1) is 0 Å². The molecule has 0 unspecified atom stereocenters. The van der Waals surface area contributed by atoms with Gasteiger partial charge in [-0.25, -0.2) is 5.43 Å². The predicted molar refractivity (Wildman–Crippen MR) is 129 cm³/mol. The van der Waals surface area contributed by atoms with Gasteiger partial charge in [-0.3, -0.25) is 14.4 Å². The summed E-state index contributed by atoms with van der Waals surface area (Å²) in [6.07, 6.45) is 2.83. The van der Waals surface area contributed by atoms with Gasteiger partial charge in [-0.05, 0) is 48.0 Å². The van der Waals surface area contributed by atoms with E-state index in [-0.39, 0.29) is 25.6 Å². The number of hydrazone groups is 1. The van der Waals surface area contributed by atoms with Crippen LogP contribution in [-0.2, 0) is 27.5 Å². The Kier molecular flexibility index (Phi) is 9.24. The molecule has 1 heterocycles. The number of nitrogens with one attached hydrogen (secondary N) is 3. The number of carbonyl (C=O) groups excluding carboxylic acids is 3. The molecule has 176 valence electrons. The molecule has 3 amide bonds. The van der Waals surface area contributed by atoms with Crippen LogP contribution in [0.1, 0.15) is 16.9 Å². The van der Waals surface area contributed by atoms with Gasteiger partial charge in [0.2, 0.25) is 0 Å². The molecule has 1 aromatic heterocycles. The number of rotatable bonds is 9. The summed E-state index contributed by atoms with van der Waals surface area (Å²) in [6.45, 7) is 0.178. The number of benzene rings is 2. The molecule has 0 radical (unpaired) electrons. The average Bonchev–Trinajstić information content (AvgIpc) is 3.35. The summed E-state index contributed by atoms with van der Waals surface area (Å²) in [5, 5.41) is 9.55. The maximum atomic E-state index is 12.0. The Morgan fingerprint density at radius 1 is 1.03 bits per heavy atom. The van der Waals surface area contributed by atoms with E-state index in [1.807, 2.05) is 0 Å². The Hall–Kier alpha value is -3.63. The third kappa shape index (κ3) is 8.05. The van der Waals surface area contributed by atoms with E-state index in [1.54, 1.807) is 54.6 Å². The largest absolute Gasteiger partial charge is 0.483 e. The molecular weight excluding hydrogens is 528 g/mol. The van der Waals surface area contributed by atoms with Crippen LogP contribution in [0.3, 0.4) is 0 Å². The summed E-state index contributed by atoms with van der Waals surface area (Å²) in [6, 6.07) is 15.4. The molecule has 9 nitrogen and oxygen atoms in total. The third-order valence-corrected chi connectivity index (χ3v) is 5.06. The molecule has 0 fully saturated rings. The molecule has 0 saturated heterocycles. The average molecular weight is 548 g/mol. The van der Waals surface area contributed by atoms with Crippen LogP contribution >= 0.6 is 27.5 Å². The Balaban J connectivity index is 1.49. The van der Waals surface area contributed by atoms with Crippen molar-refractivity contribution in [1.29, 1.82) is 0 Å². The fourth-order valence-electron chi connectivity index (χ4n) is 2.62. The van der Waals surface area contributed by atoms with Crippen LogP contribution in [0.5, 0.6) is 5.75 Å². The summed E-state index contributed by atoms with van der Waals surface area (Å²) in [5.41, 5.74) is 3.43. The minimum atomic E-state index is -0.931. The van der Waals surface area contributed by atoms with E-state index in [4.69, 9.17) is 20.8 Å². The Labute approximate surface area is 208 Å². The van der Waals surface area contributed by atoms with Crippen molar-refractivity contribution in [2.45, 2.75) is 13.1 Å². The zero-order valence-corrected chi connectivity index (χ0v) is 20.1. The number of carbonyl (C=O) groups is 3. The number of hydrogen-bond acceptors (Lipinski definition) is 6. The van der Waals surface area contributed by atoms with Crippen LogP contribution in [-0.4, -0.2) is 30.5 Å². The van der Waals surface area contributed by atoms with Crippen LogP contribution in [0.15, 0.2) is 74.9 Å². The standard InChI is InChI=1S/C23H20BrClN4O5/c24-17-5-8-20(34-14-21(30)26-13-19-2-1-9-33-19)16(10-17)12-28-29-23(32)22(31)27-11-15-3-6-18(25)7-4-15/h1-10,12H,11,13-14H2,(H,26,30)(H,27,31)(H,29,32)/b28-12-. The van der Waals surface area contributed by atoms with Gasteiger partial charge in [0.1, 0.15) is 11.5 Å². The monoisotopic (exact) mass is 546 g/mol. The van der Waals surface area contributed by atoms with Crippen LogP contribution in [0, 0.1) is 0 Å². The molecule has 11 heteroatoms. The maximum Gasteiger partial charge on any atom is 0.329 e. The van der Waals surface area contributed by atoms with Crippen LogP contribution < -0.4 is 20.8 Å². The summed E-state index contributed by atoms with van der Waals surface area (Å²) < 4.78 is 11.5. The van der Waals surface area contributed by atoms with Crippen LogP contribution in [0.2, 0.25) is 5.02 Å². The second-order valence-electron chi connectivity index (χ2n) is 6.84. The summed E-state index contributed by atoms with van der Waals surface area (Å²) in [4.78, 5) is 36.0. The van der Waals surface area contributed by atoms with E-state index >= 15 is 0 Å². The van der Waals surface area contributed by atoms with Gasteiger partial charge in [0, 0.05) is 21.6 Å². The Morgan fingerprint density at radius 2 is 1.82 bits per heavy atom.